The first-order chi connectivity index (χ1) is 12.2. The van der Waals surface area contributed by atoms with Gasteiger partial charge in [0, 0.05) is 10.6 Å². The van der Waals surface area contributed by atoms with Crippen LogP contribution in [0.5, 0.6) is 5.75 Å². The fourth-order valence-electron chi connectivity index (χ4n) is 2.96. The maximum Gasteiger partial charge on any atom is 0.119 e. The van der Waals surface area contributed by atoms with Crippen molar-refractivity contribution in [2.45, 2.75) is 13.5 Å². The van der Waals surface area contributed by atoms with Crippen molar-refractivity contribution in [2.24, 2.45) is 5.10 Å². The van der Waals surface area contributed by atoms with E-state index >= 15 is 0 Å². The van der Waals surface area contributed by atoms with Gasteiger partial charge in [-0.15, -0.1) is 0 Å². The van der Waals surface area contributed by atoms with Gasteiger partial charge in [0.1, 0.15) is 12.3 Å². The molecule has 0 aromatic heterocycles. The maximum absolute atomic E-state index is 5.95. The van der Waals surface area contributed by atoms with Crippen molar-refractivity contribution in [3.05, 3.63) is 64.7 Å². The fraction of sp³-hybridized carbons (Fsp3) is 0.350. The Hall–Kier alpha value is -2.04. The molecule has 1 aliphatic rings. The summed E-state index contributed by atoms with van der Waals surface area (Å²) in [5, 5.41) is 7.57. The molecule has 132 valence electrons. The minimum absolute atomic E-state index is 0.691. The molecule has 0 bridgehead atoms. The molecule has 0 unspecified atom stereocenters. The highest BCUT2D eigenvalue weighted by molar-refractivity contribution is 6.30. The van der Waals surface area contributed by atoms with Crippen LogP contribution in [0.4, 0.5) is 0 Å². The van der Waals surface area contributed by atoms with E-state index in [1.165, 1.54) is 5.56 Å². The zero-order valence-corrected chi connectivity index (χ0v) is 15.4. The number of ether oxygens (including phenoxy) is 1. The lowest BCUT2D eigenvalue weighted by molar-refractivity contribution is -0.918. The normalized spacial score (nSPS) is 15.7. The van der Waals surface area contributed by atoms with Crippen LogP contribution >= 0.6 is 11.6 Å². The number of nitrogens with zero attached hydrogens (tertiary/aromatic N) is 2. The van der Waals surface area contributed by atoms with Crippen LogP contribution in [0.25, 0.3) is 0 Å². The van der Waals surface area contributed by atoms with Crippen LogP contribution in [0, 0.1) is 0 Å². The van der Waals surface area contributed by atoms with E-state index in [-0.39, 0.29) is 0 Å². The zero-order chi connectivity index (χ0) is 17.5. The highest BCUT2D eigenvalue weighted by atomic mass is 35.5. The summed E-state index contributed by atoms with van der Waals surface area (Å²) in [5.41, 5.74) is 2.44. The van der Waals surface area contributed by atoms with Crippen molar-refractivity contribution in [3.63, 3.8) is 0 Å². The molecule has 1 aliphatic heterocycles. The Morgan fingerprint density at radius 3 is 2.40 bits per heavy atom. The summed E-state index contributed by atoms with van der Waals surface area (Å²) in [7, 11) is 0. The molecule has 0 radical (unpaired) electrons. The van der Waals surface area contributed by atoms with Crippen LogP contribution in [0.1, 0.15) is 18.1 Å². The van der Waals surface area contributed by atoms with Crippen molar-refractivity contribution >= 4 is 17.8 Å². The average Bonchev–Trinajstić information content (AvgIpc) is 2.64. The average molecular weight is 359 g/mol. The van der Waals surface area contributed by atoms with E-state index in [2.05, 4.69) is 22.2 Å². The monoisotopic (exact) mass is 358 g/mol. The highest BCUT2D eigenvalue weighted by Gasteiger charge is 2.18. The zero-order valence-electron chi connectivity index (χ0n) is 14.6. The van der Waals surface area contributed by atoms with E-state index in [0.717, 1.165) is 49.1 Å². The lowest BCUT2D eigenvalue weighted by Crippen LogP contribution is -3.13. The van der Waals surface area contributed by atoms with Crippen molar-refractivity contribution in [1.82, 2.24) is 5.01 Å². The van der Waals surface area contributed by atoms with E-state index in [1.807, 2.05) is 49.5 Å². The molecule has 25 heavy (non-hydrogen) atoms. The smallest absolute Gasteiger partial charge is 0.119 e. The van der Waals surface area contributed by atoms with Crippen molar-refractivity contribution in [3.8, 4) is 5.75 Å². The summed E-state index contributed by atoms with van der Waals surface area (Å²) in [5.74, 6) is 0.902. The molecule has 5 heteroatoms. The largest absolute Gasteiger partial charge is 0.494 e. The molecular weight excluding hydrogens is 334 g/mol. The van der Waals surface area contributed by atoms with Gasteiger partial charge in [-0.2, -0.15) is 5.10 Å². The maximum atomic E-state index is 5.95. The Kier molecular flexibility index (Phi) is 6.31. The quantitative estimate of drug-likeness (QED) is 0.804. The molecule has 0 aliphatic carbocycles. The number of piperazine rings is 1. The highest BCUT2D eigenvalue weighted by Crippen LogP contribution is 2.11. The minimum atomic E-state index is 0.691. The Labute approximate surface area is 154 Å². The third kappa shape index (κ3) is 5.48. The van der Waals surface area contributed by atoms with E-state index in [1.54, 1.807) is 4.90 Å². The van der Waals surface area contributed by atoms with Crippen molar-refractivity contribution in [1.29, 1.82) is 0 Å². The van der Waals surface area contributed by atoms with Gasteiger partial charge >= 0.3 is 0 Å². The molecule has 3 rings (SSSR count). The number of hydrogen-bond donors (Lipinski definition) is 1. The number of hydrazone groups is 1. The first-order valence-electron chi connectivity index (χ1n) is 8.83. The first kappa shape index (κ1) is 17.8. The number of nitrogens with one attached hydrogen (secondary N) is 1. The lowest BCUT2D eigenvalue weighted by atomic mass is 10.2. The lowest BCUT2D eigenvalue weighted by Gasteiger charge is -2.30. The van der Waals surface area contributed by atoms with Gasteiger partial charge in [-0.1, -0.05) is 23.7 Å². The Balaban J connectivity index is 1.46. The second kappa shape index (κ2) is 8.88. The van der Waals surface area contributed by atoms with Gasteiger partial charge in [-0.3, -0.25) is 5.01 Å². The molecule has 1 heterocycles. The van der Waals surface area contributed by atoms with Crippen LogP contribution in [-0.4, -0.2) is 44.0 Å². The number of halogens is 1. The topological polar surface area (TPSA) is 29.3 Å². The number of rotatable bonds is 6. The van der Waals surface area contributed by atoms with Gasteiger partial charge in [0.15, 0.2) is 0 Å². The van der Waals surface area contributed by atoms with Crippen LogP contribution in [0.3, 0.4) is 0 Å². The molecule has 0 atom stereocenters. The third-order valence-electron chi connectivity index (χ3n) is 4.38. The van der Waals surface area contributed by atoms with Crippen molar-refractivity contribution in [2.75, 3.05) is 32.8 Å². The Bertz CT molecular complexity index is 677. The molecule has 1 saturated heterocycles. The van der Waals surface area contributed by atoms with E-state index in [4.69, 9.17) is 16.3 Å². The molecule has 0 saturated carbocycles. The standard InChI is InChI=1S/C20H24ClN3O/c1-2-25-20-9-5-17(6-10-20)15-22-24-13-11-23(12-14-24)16-18-3-7-19(21)8-4-18/h3-10,15H,2,11-14,16H2,1H3/p+1/b22-15-. The number of hydrogen-bond acceptors (Lipinski definition) is 3. The number of benzene rings is 2. The molecule has 0 spiro atoms. The Morgan fingerprint density at radius 2 is 1.76 bits per heavy atom. The summed E-state index contributed by atoms with van der Waals surface area (Å²) < 4.78 is 5.46. The van der Waals surface area contributed by atoms with Gasteiger partial charge < -0.3 is 9.64 Å². The van der Waals surface area contributed by atoms with Crippen LogP contribution in [0.2, 0.25) is 5.02 Å². The predicted octanol–water partition coefficient (Wildman–Crippen LogP) is 2.47. The van der Waals surface area contributed by atoms with Crippen LogP contribution < -0.4 is 9.64 Å². The molecular formula is C20H25ClN3O+. The second-order valence-corrected chi connectivity index (χ2v) is 6.69. The SMILES string of the molecule is CCOc1ccc(/C=N\N2CC[NH+](Cc3ccc(Cl)cc3)CC2)cc1. The van der Waals surface area contributed by atoms with Gasteiger partial charge in [0.25, 0.3) is 0 Å². The van der Waals surface area contributed by atoms with Crippen LogP contribution in [0.15, 0.2) is 53.6 Å². The number of quaternary nitrogens is 1. The van der Waals surface area contributed by atoms with Crippen molar-refractivity contribution < 1.29 is 9.64 Å². The van der Waals surface area contributed by atoms with Gasteiger partial charge in [0.2, 0.25) is 0 Å². The van der Waals surface area contributed by atoms with Crippen LogP contribution in [-0.2, 0) is 6.54 Å². The molecule has 0 amide bonds. The first-order valence-corrected chi connectivity index (χ1v) is 9.20. The summed E-state index contributed by atoms with van der Waals surface area (Å²) >= 11 is 5.95. The van der Waals surface area contributed by atoms with E-state index in [9.17, 15) is 0 Å². The summed E-state index contributed by atoms with van der Waals surface area (Å²) in [6.45, 7) is 7.90. The summed E-state index contributed by atoms with van der Waals surface area (Å²) in [6.07, 6.45) is 1.93. The minimum Gasteiger partial charge on any atom is -0.494 e. The van der Waals surface area contributed by atoms with Gasteiger partial charge in [-0.25, -0.2) is 0 Å². The van der Waals surface area contributed by atoms with E-state index < -0.39 is 0 Å². The second-order valence-electron chi connectivity index (χ2n) is 6.25. The van der Waals surface area contributed by atoms with Gasteiger partial charge in [0.05, 0.1) is 39.0 Å². The molecule has 1 fully saturated rings. The fourth-order valence-corrected chi connectivity index (χ4v) is 3.09. The predicted molar refractivity (Wildman–Crippen MR) is 103 cm³/mol. The van der Waals surface area contributed by atoms with E-state index in [0.29, 0.717) is 6.61 Å². The molecule has 2 aromatic carbocycles. The summed E-state index contributed by atoms with van der Waals surface area (Å²) in [6, 6.07) is 16.2. The molecule has 2 aromatic rings. The molecule has 4 nitrogen and oxygen atoms in total. The summed E-state index contributed by atoms with van der Waals surface area (Å²) in [4.78, 5) is 1.59. The van der Waals surface area contributed by atoms with Gasteiger partial charge in [-0.05, 0) is 48.9 Å². The Morgan fingerprint density at radius 1 is 1.08 bits per heavy atom. The third-order valence-corrected chi connectivity index (χ3v) is 4.63. The molecule has 1 N–H and O–H groups in total.